The van der Waals surface area contributed by atoms with Crippen molar-refractivity contribution in [3.05, 3.63) is 63.4 Å². The number of nitrogens with one attached hydrogen (secondary N) is 1. The lowest BCUT2D eigenvalue weighted by Crippen LogP contribution is -2.25. The van der Waals surface area contributed by atoms with Crippen LogP contribution in [-0.4, -0.2) is 28.2 Å². The number of amides is 1. The van der Waals surface area contributed by atoms with Gasteiger partial charge in [0, 0.05) is 34.5 Å². The summed E-state index contributed by atoms with van der Waals surface area (Å²) in [5, 5.41) is 15.8. The molecule has 5 nitrogen and oxygen atoms in total. The average molecular weight is 413 g/mol. The maximum atomic E-state index is 12.9. The molecule has 3 aromatic rings. The SMILES string of the molecule is Cc1nc(-c2cc(C#N)c(SCCNC(=O)c3ccc(F)cc3)nc2C)cs1. The first-order valence-electron chi connectivity index (χ1n) is 8.48. The van der Waals surface area contributed by atoms with Gasteiger partial charge < -0.3 is 5.32 Å². The Labute approximate surface area is 170 Å². The molecule has 142 valence electrons. The van der Waals surface area contributed by atoms with Crippen molar-refractivity contribution in [1.82, 2.24) is 15.3 Å². The van der Waals surface area contributed by atoms with E-state index in [1.807, 2.05) is 25.3 Å². The van der Waals surface area contributed by atoms with Crippen LogP contribution < -0.4 is 5.32 Å². The van der Waals surface area contributed by atoms with Crippen LogP contribution in [0.3, 0.4) is 0 Å². The molecule has 0 aliphatic carbocycles. The first kappa shape index (κ1) is 20.0. The Hall–Kier alpha value is -2.76. The molecular weight excluding hydrogens is 395 g/mol. The highest BCUT2D eigenvalue weighted by Crippen LogP contribution is 2.29. The van der Waals surface area contributed by atoms with Crippen molar-refractivity contribution in [2.75, 3.05) is 12.3 Å². The number of carbonyl (C=O) groups excluding carboxylic acids is 1. The molecule has 0 saturated heterocycles. The molecule has 8 heteroatoms. The molecule has 0 aliphatic rings. The van der Waals surface area contributed by atoms with E-state index in [9.17, 15) is 14.4 Å². The minimum Gasteiger partial charge on any atom is -0.351 e. The standard InChI is InChI=1S/C20H17FN4OS2/c1-12-17(18-11-28-13(2)25-18)9-15(10-22)20(24-12)27-8-7-23-19(26)14-3-5-16(21)6-4-14/h3-6,9,11H,7-8H2,1-2H3,(H,23,26). The van der Waals surface area contributed by atoms with Crippen molar-refractivity contribution in [1.29, 1.82) is 5.26 Å². The third kappa shape index (κ3) is 4.74. The van der Waals surface area contributed by atoms with Crippen LogP contribution in [0.2, 0.25) is 0 Å². The van der Waals surface area contributed by atoms with Gasteiger partial charge in [-0.1, -0.05) is 0 Å². The summed E-state index contributed by atoms with van der Waals surface area (Å²) in [5.41, 5.74) is 3.38. The molecule has 3 rings (SSSR count). The van der Waals surface area contributed by atoms with Crippen molar-refractivity contribution in [2.24, 2.45) is 0 Å². The maximum absolute atomic E-state index is 12.9. The fourth-order valence-corrected chi connectivity index (χ4v) is 4.01. The fourth-order valence-electron chi connectivity index (χ4n) is 2.54. The van der Waals surface area contributed by atoms with E-state index < -0.39 is 0 Å². The lowest BCUT2D eigenvalue weighted by atomic mass is 10.1. The molecule has 1 amide bonds. The zero-order valence-electron chi connectivity index (χ0n) is 15.3. The summed E-state index contributed by atoms with van der Waals surface area (Å²) in [6, 6.07) is 9.39. The molecule has 28 heavy (non-hydrogen) atoms. The zero-order valence-corrected chi connectivity index (χ0v) is 17.0. The number of benzene rings is 1. The van der Waals surface area contributed by atoms with Crippen molar-refractivity contribution in [3.8, 4) is 17.3 Å². The molecule has 1 N–H and O–H groups in total. The van der Waals surface area contributed by atoms with E-state index >= 15 is 0 Å². The summed E-state index contributed by atoms with van der Waals surface area (Å²) in [6.07, 6.45) is 0. The van der Waals surface area contributed by atoms with Gasteiger partial charge >= 0.3 is 0 Å². The van der Waals surface area contributed by atoms with Gasteiger partial charge in [0.15, 0.2) is 0 Å². The van der Waals surface area contributed by atoms with Gasteiger partial charge in [0.2, 0.25) is 0 Å². The Bertz CT molecular complexity index is 1040. The maximum Gasteiger partial charge on any atom is 0.251 e. The highest BCUT2D eigenvalue weighted by molar-refractivity contribution is 7.99. The Morgan fingerprint density at radius 2 is 2.04 bits per heavy atom. The van der Waals surface area contributed by atoms with Gasteiger partial charge in [0.1, 0.15) is 16.9 Å². The zero-order chi connectivity index (χ0) is 20.1. The second-order valence-electron chi connectivity index (χ2n) is 5.95. The Morgan fingerprint density at radius 1 is 1.29 bits per heavy atom. The van der Waals surface area contributed by atoms with E-state index in [0.29, 0.717) is 28.5 Å². The molecule has 0 saturated carbocycles. The monoisotopic (exact) mass is 412 g/mol. The Kier molecular flexibility index (Phi) is 6.39. The van der Waals surface area contributed by atoms with E-state index in [0.717, 1.165) is 22.0 Å². The van der Waals surface area contributed by atoms with Gasteiger partial charge in [-0.05, 0) is 44.2 Å². The second kappa shape index (κ2) is 8.95. The van der Waals surface area contributed by atoms with Crippen LogP contribution in [0.5, 0.6) is 0 Å². The summed E-state index contributed by atoms with van der Waals surface area (Å²) in [6.45, 7) is 4.23. The Balaban J connectivity index is 1.63. The number of nitrogens with zero attached hydrogens (tertiary/aromatic N) is 3. The number of aromatic nitrogens is 2. The van der Waals surface area contributed by atoms with E-state index in [-0.39, 0.29) is 11.7 Å². The molecule has 0 bridgehead atoms. The average Bonchev–Trinajstić information content (AvgIpc) is 3.11. The van der Waals surface area contributed by atoms with Crippen molar-refractivity contribution < 1.29 is 9.18 Å². The van der Waals surface area contributed by atoms with Crippen LogP contribution in [0.1, 0.15) is 26.6 Å². The number of carbonyl (C=O) groups is 1. The van der Waals surface area contributed by atoms with Crippen LogP contribution in [-0.2, 0) is 0 Å². The molecule has 2 aromatic heterocycles. The lowest BCUT2D eigenvalue weighted by molar-refractivity contribution is 0.0956. The highest BCUT2D eigenvalue weighted by atomic mass is 32.2. The third-order valence-corrected chi connectivity index (χ3v) is 5.69. The predicted molar refractivity (Wildman–Crippen MR) is 109 cm³/mol. The number of thiazole rings is 1. The molecule has 0 spiro atoms. The number of hydrogen-bond donors (Lipinski definition) is 1. The van der Waals surface area contributed by atoms with E-state index in [4.69, 9.17) is 0 Å². The molecule has 1 aromatic carbocycles. The van der Waals surface area contributed by atoms with E-state index in [1.54, 1.807) is 11.3 Å². The largest absolute Gasteiger partial charge is 0.351 e. The number of thioether (sulfide) groups is 1. The van der Waals surface area contributed by atoms with Crippen molar-refractivity contribution >= 4 is 29.0 Å². The molecule has 2 heterocycles. The number of nitriles is 1. The number of rotatable bonds is 6. The van der Waals surface area contributed by atoms with Crippen LogP contribution >= 0.6 is 23.1 Å². The lowest BCUT2D eigenvalue weighted by Gasteiger charge is -2.09. The van der Waals surface area contributed by atoms with Gasteiger partial charge in [-0.2, -0.15) is 5.26 Å². The molecule has 0 unspecified atom stereocenters. The summed E-state index contributed by atoms with van der Waals surface area (Å²) in [4.78, 5) is 21.1. The number of hydrogen-bond acceptors (Lipinski definition) is 6. The van der Waals surface area contributed by atoms with Gasteiger partial charge in [0.05, 0.1) is 16.3 Å². The van der Waals surface area contributed by atoms with Crippen LogP contribution in [0.25, 0.3) is 11.3 Å². The van der Waals surface area contributed by atoms with Crippen molar-refractivity contribution in [2.45, 2.75) is 18.9 Å². The minimum atomic E-state index is -0.381. The molecular formula is C20H17FN4OS2. The number of aryl methyl sites for hydroxylation is 2. The minimum absolute atomic E-state index is 0.264. The summed E-state index contributed by atoms with van der Waals surface area (Å²) in [5.74, 6) is -0.0863. The fraction of sp³-hybridized carbons (Fsp3) is 0.200. The highest BCUT2D eigenvalue weighted by Gasteiger charge is 2.13. The van der Waals surface area contributed by atoms with E-state index in [2.05, 4.69) is 21.4 Å². The van der Waals surface area contributed by atoms with Crippen LogP contribution in [0.4, 0.5) is 4.39 Å². The van der Waals surface area contributed by atoms with Crippen LogP contribution in [0.15, 0.2) is 40.7 Å². The normalized spacial score (nSPS) is 10.5. The molecule has 0 atom stereocenters. The smallest absolute Gasteiger partial charge is 0.251 e. The molecule has 0 fully saturated rings. The van der Waals surface area contributed by atoms with Gasteiger partial charge in [-0.15, -0.1) is 23.1 Å². The quantitative estimate of drug-likeness (QED) is 0.481. The number of halogens is 1. The van der Waals surface area contributed by atoms with Gasteiger partial charge in [0.25, 0.3) is 5.91 Å². The summed E-state index contributed by atoms with van der Waals surface area (Å²) in [7, 11) is 0. The topological polar surface area (TPSA) is 78.7 Å². The first-order chi connectivity index (χ1) is 13.5. The van der Waals surface area contributed by atoms with Gasteiger partial charge in [-0.3, -0.25) is 4.79 Å². The number of pyridine rings is 1. The van der Waals surface area contributed by atoms with Gasteiger partial charge in [-0.25, -0.2) is 14.4 Å². The predicted octanol–water partition coefficient (Wildman–Crippen LogP) is 4.35. The second-order valence-corrected chi connectivity index (χ2v) is 8.09. The Morgan fingerprint density at radius 3 is 2.68 bits per heavy atom. The van der Waals surface area contributed by atoms with Crippen LogP contribution in [0, 0.1) is 31.0 Å². The first-order valence-corrected chi connectivity index (χ1v) is 10.3. The molecule has 0 radical (unpaired) electrons. The summed E-state index contributed by atoms with van der Waals surface area (Å²) >= 11 is 2.96. The molecule has 0 aliphatic heterocycles. The third-order valence-electron chi connectivity index (χ3n) is 3.93. The van der Waals surface area contributed by atoms with E-state index in [1.165, 1.54) is 36.0 Å². The summed E-state index contributed by atoms with van der Waals surface area (Å²) < 4.78 is 12.9. The van der Waals surface area contributed by atoms with Crippen molar-refractivity contribution in [3.63, 3.8) is 0 Å².